The standard InChI is InChI=1S/C11H21NO3/c1-9(12)11(8-10(13)14-2)4-3-6-15-7-5-11/h9H,3-8,12H2,1-2H3. The zero-order valence-electron chi connectivity index (χ0n) is 9.62. The number of ether oxygens (including phenoxy) is 2. The third-order valence-electron chi connectivity index (χ3n) is 3.40. The monoisotopic (exact) mass is 215 g/mol. The number of carbonyl (C=O) groups is 1. The Hall–Kier alpha value is -0.610. The van der Waals surface area contributed by atoms with Crippen LogP contribution in [0.25, 0.3) is 0 Å². The molecule has 0 aromatic heterocycles. The number of hydrogen-bond donors (Lipinski definition) is 1. The van der Waals surface area contributed by atoms with E-state index in [2.05, 4.69) is 0 Å². The van der Waals surface area contributed by atoms with Crippen LogP contribution in [-0.2, 0) is 14.3 Å². The quantitative estimate of drug-likeness (QED) is 0.716. The second-order valence-corrected chi connectivity index (χ2v) is 4.37. The average molecular weight is 215 g/mol. The number of nitrogens with two attached hydrogens (primary N) is 1. The molecule has 0 aromatic rings. The molecule has 0 amide bonds. The number of rotatable bonds is 3. The molecule has 0 spiro atoms. The Labute approximate surface area is 91.1 Å². The summed E-state index contributed by atoms with van der Waals surface area (Å²) in [6, 6.07) is -0.00157. The van der Waals surface area contributed by atoms with Gasteiger partial charge in [-0.25, -0.2) is 0 Å². The van der Waals surface area contributed by atoms with E-state index in [0.717, 1.165) is 25.9 Å². The second kappa shape index (κ2) is 5.47. The lowest BCUT2D eigenvalue weighted by atomic mass is 9.72. The van der Waals surface area contributed by atoms with Crippen molar-refractivity contribution in [2.24, 2.45) is 11.1 Å². The molecule has 1 aliphatic heterocycles. The van der Waals surface area contributed by atoms with Crippen LogP contribution in [0, 0.1) is 5.41 Å². The SMILES string of the molecule is COC(=O)CC1(C(C)N)CCCOCC1. The zero-order valence-corrected chi connectivity index (χ0v) is 9.62. The van der Waals surface area contributed by atoms with Crippen molar-refractivity contribution < 1.29 is 14.3 Å². The molecule has 2 unspecified atom stereocenters. The van der Waals surface area contributed by atoms with Gasteiger partial charge in [0.2, 0.25) is 0 Å². The molecule has 4 heteroatoms. The molecule has 0 radical (unpaired) electrons. The topological polar surface area (TPSA) is 61.5 Å². The zero-order chi connectivity index (χ0) is 11.3. The predicted octanol–water partition coefficient (Wildman–Crippen LogP) is 1.08. The van der Waals surface area contributed by atoms with Gasteiger partial charge in [0.15, 0.2) is 0 Å². The summed E-state index contributed by atoms with van der Waals surface area (Å²) in [5, 5.41) is 0. The first kappa shape index (κ1) is 12.5. The molecule has 0 bridgehead atoms. The summed E-state index contributed by atoms with van der Waals surface area (Å²) in [5.74, 6) is -0.172. The molecule has 1 rings (SSSR count). The van der Waals surface area contributed by atoms with Gasteiger partial charge in [-0.15, -0.1) is 0 Å². The van der Waals surface area contributed by atoms with Crippen molar-refractivity contribution in [3.8, 4) is 0 Å². The maximum atomic E-state index is 11.4. The molecule has 1 saturated heterocycles. The van der Waals surface area contributed by atoms with Crippen molar-refractivity contribution in [1.82, 2.24) is 0 Å². The Morgan fingerprint density at radius 3 is 2.87 bits per heavy atom. The Kier molecular flexibility index (Phi) is 4.54. The minimum Gasteiger partial charge on any atom is -0.469 e. The highest BCUT2D eigenvalue weighted by molar-refractivity contribution is 5.70. The van der Waals surface area contributed by atoms with Crippen molar-refractivity contribution in [3.05, 3.63) is 0 Å². The number of esters is 1. The highest BCUT2D eigenvalue weighted by Gasteiger charge is 2.37. The molecule has 0 aliphatic carbocycles. The van der Waals surface area contributed by atoms with E-state index in [9.17, 15) is 4.79 Å². The molecule has 2 atom stereocenters. The van der Waals surface area contributed by atoms with Crippen molar-refractivity contribution in [3.63, 3.8) is 0 Å². The number of methoxy groups -OCH3 is 1. The fourth-order valence-corrected chi connectivity index (χ4v) is 2.18. The van der Waals surface area contributed by atoms with E-state index in [0.29, 0.717) is 13.0 Å². The summed E-state index contributed by atoms with van der Waals surface area (Å²) in [7, 11) is 1.42. The molecule has 4 nitrogen and oxygen atoms in total. The molecule has 15 heavy (non-hydrogen) atoms. The van der Waals surface area contributed by atoms with Gasteiger partial charge < -0.3 is 15.2 Å². The minimum absolute atomic E-state index is 0.00157. The Morgan fingerprint density at radius 1 is 1.53 bits per heavy atom. The van der Waals surface area contributed by atoms with Gasteiger partial charge in [0, 0.05) is 19.3 Å². The summed E-state index contributed by atoms with van der Waals surface area (Å²) < 4.78 is 10.1. The van der Waals surface area contributed by atoms with Crippen LogP contribution in [-0.4, -0.2) is 32.3 Å². The van der Waals surface area contributed by atoms with Gasteiger partial charge in [-0.1, -0.05) is 0 Å². The van der Waals surface area contributed by atoms with Gasteiger partial charge >= 0.3 is 5.97 Å². The second-order valence-electron chi connectivity index (χ2n) is 4.37. The first-order valence-electron chi connectivity index (χ1n) is 5.51. The summed E-state index contributed by atoms with van der Waals surface area (Å²) in [6.07, 6.45) is 3.17. The van der Waals surface area contributed by atoms with Crippen molar-refractivity contribution in [1.29, 1.82) is 0 Å². The lowest BCUT2D eigenvalue weighted by molar-refractivity contribution is -0.144. The number of carbonyl (C=O) groups excluding carboxylic acids is 1. The molecule has 88 valence electrons. The van der Waals surface area contributed by atoms with Crippen LogP contribution in [0.15, 0.2) is 0 Å². The van der Waals surface area contributed by atoms with E-state index in [-0.39, 0.29) is 17.4 Å². The van der Waals surface area contributed by atoms with E-state index < -0.39 is 0 Å². The molecule has 2 N–H and O–H groups in total. The Balaban J connectivity index is 2.71. The largest absolute Gasteiger partial charge is 0.469 e. The molecule has 0 saturated carbocycles. The van der Waals surface area contributed by atoms with Crippen LogP contribution in [0.2, 0.25) is 0 Å². The van der Waals surface area contributed by atoms with Crippen molar-refractivity contribution in [2.45, 2.75) is 38.6 Å². The van der Waals surface area contributed by atoms with E-state index in [1.165, 1.54) is 7.11 Å². The van der Waals surface area contributed by atoms with Crippen molar-refractivity contribution >= 4 is 5.97 Å². The van der Waals surface area contributed by atoms with E-state index >= 15 is 0 Å². The highest BCUT2D eigenvalue weighted by Crippen LogP contribution is 2.37. The molecular weight excluding hydrogens is 194 g/mol. The van der Waals surface area contributed by atoms with Crippen LogP contribution < -0.4 is 5.73 Å². The number of hydrogen-bond acceptors (Lipinski definition) is 4. The fraction of sp³-hybridized carbons (Fsp3) is 0.909. The third kappa shape index (κ3) is 3.18. The third-order valence-corrected chi connectivity index (χ3v) is 3.40. The van der Waals surface area contributed by atoms with Crippen LogP contribution in [0.4, 0.5) is 0 Å². The van der Waals surface area contributed by atoms with E-state index in [4.69, 9.17) is 15.2 Å². The van der Waals surface area contributed by atoms with E-state index in [1.54, 1.807) is 0 Å². The van der Waals surface area contributed by atoms with Crippen LogP contribution in [0.5, 0.6) is 0 Å². The lowest BCUT2D eigenvalue weighted by Gasteiger charge is -2.35. The fourth-order valence-electron chi connectivity index (χ4n) is 2.18. The first-order valence-corrected chi connectivity index (χ1v) is 5.51. The summed E-state index contributed by atoms with van der Waals surface area (Å²) >= 11 is 0. The highest BCUT2D eigenvalue weighted by atomic mass is 16.5. The lowest BCUT2D eigenvalue weighted by Crippen LogP contribution is -2.41. The Bertz CT molecular complexity index is 208. The summed E-state index contributed by atoms with van der Waals surface area (Å²) in [4.78, 5) is 11.4. The van der Waals surface area contributed by atoms with Gasteiger partial charge in [-0.05, 0) is 31.6 Å². The van der Waals surface area contributed by atoms with Crippen LogP contribution in [0.3, 0.4) is 0 Å². The first-order chi connectivity index (χ1) is 7.10. The molecule has 1 fully saturated rings. The van der Waals surface area contributed by atoms with Gasteiger partial charge in [0.05, 0.1) is 13.5 Å². The van der Waals surface area contributed by atoms with Crippen LogP contribution >= 0.6 is 0 Å². The molecular formula is C11H21NO3. The average Bonchev–Trinajstić information content (AvgIpc) is 2.44. The smallest absolute Gasteiger partial charge is 0.306 e. The van der Waals surface area contributed by atoms with E-state index in [1.807, 2.05) is 6.92 Å². The van der Waals surface area contributed by atoms with Crippen molar-refractivity contribution in [2.75, 3.05) is 20.3 Å². The maximum Gasteiger partial charge on any atom is 0.306 e. The predicted molar refractivity (Wildman–Crippen MR) is 57.4 cm³/mol. The minimum atomic E-state index is -0.172. The van der Waals surface area contributed by atoms with Gasteiger partial charge in [-0.3, -0.25) is 4.79 Å². The Morgan fingerprint density at radius 2 is 2.27 bits per heavy atom. The maximum absolute atomic E-state index is 11.4. The van der Waals surface area contributed by atoms with Crippen LogP contribution in [0.1, 0.15) is 32.6 Å². The summed E-state index contributed by atoms with van der Waals surface area (Å²) in [5.41, 5.74) is 5.88. The molecule has 0 aromatic carbocycles. The molecule has 1 heterocycles. The molecule has 1 aliphatic rings. The summed E-state index contributed by atoms with van der Waals surface area (Å²) in [6.45, 7) is 3.43. The van der Waals surface area contributed by atoms with Gasteiger partial charge in [0.1, 0.15) is 0 Å². The van der Waals surface area contributed by atoms with Gasteiger partial charge in [0.25, 0.3) is 0 Å². The normalized spacial score (nSPS) is 29.3. The van der Waals surface area contributed by atoms with Gasteiger partial charge in [-0.2, -0.15) is 0 Å².